The summed E-state index contributed by atoms with van der Waals surface area (Å²) in [6.45, 7) is 3.49. The molecule has 21 heavy (non-hydrogen) atoms. The first kappa shape index (κ1) is 14.8. The fourth-order valence-corrected chi connectivity index (χ4v) is 1.81. The van der Waals surface area contributed by atoms with Crippen molar-refractivity contribution in [2.45, 2.75) is 20.0 Å². The van der Waals surface area contributed by atoms with Crippen LogP contribution in [0.3, 0.4) is 0 Å². The molecule has 0 radical (unpaired) electrons. The van der Waals surface area contributed by atoms with Crippen LogP contribution in [0.25, 0.3) is 0 Å². The molecule has 0 aliphatic rings. The summed E-state index contributed by atoms with van der Waals surface area (Å²) in [5.41, 5.74) is 6.91. The molecule has 0 saturated heterocycles. The van der Waals surface area contributed by atoms with E-state index in [0.717, 1.165) is 5.56 Å². The van der Waals surface area contributed by atoms with E-state index in [9.17, 15) is 9.18 Å². The van der Waals surface area contributed by atoms with Gasteiger partial charge in [0.1, 0.15) is 11.6 Å². The Morgan fingerprint density at radius 2 is 2.00 bits per heavy atom. The number of nitrogens with one attached hydrogen (secondary N) is 1. The Bertz CT molecular complexity index is 658. The molecule has 2 aromatic carbocycles. The van der Waals surface area contributed by atoms with Crippen molar-refractivity contribution in [3.05, 3.63) is 53.8 Å². The number of hydrogen-bond donors (Lipinski definition) is 2. The fourth-order valence-electron chi connectivity index (χ4n) is 1.81. The van der Waals surface area contributed by atoms with Gasteiger partial charge in [-0.3, -0.25) is 4.79 Å². The van der Waals surface area contributed by atoms with Crippen LogP contribution < -0.4 is 15.8 Å². The molecule has 0 fully saturated rings. The first-order chi connectivity index (χ1) is 9.97. The zero-order valence-electron chi connectivity index (χ0n) is 11.9. The van der Waals surface area contributed by atoms with Crippen LogP contribution >= 0.6 is 0 Å². The molecule has 3 N–H and O–H groups in total. The molecule has 1 atom stereocenters. The van der Waals surface area contributed by atoms with Gasteiger partial charge in [0.2, 0.25) is 0 Å². The lowest BCUT2D eigenvalue weighted by molar-refractivity contribution is -0.122. The van der Waals surface area contributed by atoms with Crippen molar-refractivity contribution in [3.8, 4) is 5.75 Å². The van der Waals surface area contributed by atoms with Crippen LogP contribution in [0, 0.1) is 12.7 Å². The summed E-state index contributed by atoms with van der Waals surface area (Å²) in [5.74, 6) is -0.364. The van der Waals surface area contributed by atoms with Gasteiger partial charge in [0.05, 0.1) is 5.69 Å². The van der Waals surface area contributed by atoms with Gasteiger partial charge in [0.25, 0.3) is 5.91 Å². The number of rotatable bonds is 4. The molecule has 0 aliphatic carbocycles. The Kier molecular flexibility index (Phi) is 4.42. The molecule has 110 valence electrons. The molecule has 0 heterocycles. The van der Waals surface area contributed by atoms with Crippen molar-refractivity contribution in [3.63, 3.8) is 0 Å². The first-order valence-electron chi connectivity index (χ1n) is 6.55. The largest absolute Gasteiger partial charge is 0.481 e. The number of para-hydroxylation sites is 1. The minimum absolute atomic E-state index is 0.0419. The van der Waals surface area contributed by atoms with E-state index in [0.29, 0.717) is 11.4 Å². The van der Waals surface area contributed by atoms with Crippen molar-refractivity contribution >= 4 is 17.3 Å². The third kappa shape index (κ3) is 3.72. The third-order valence-corrected chi connectivity index (χ3v) is 3.01. The van der Waals surface area contributed by atoms with Gasteiger partial charge >= 0.3 is 0 Å². The van der Waals surface area contributed by atoms with E-state index in [1.54, 1.807) is 13.0 Å². The standard InChI is InChI=1S/C16H17FN2O2/c1-10-5-3-4-6-15(10)21-11(2)16(20)19-14-9-12(18)7-8-13(14)17/h3-9,11H,18H2,1-2H3,(H,19,20)/t11-/m0/s1. The quantitative estimate of drug-likeness (QED) is 0.850. The molecule has 1 amide bonds. The van der Waals surface area contributed by atoms with Crippen LogP contribution in [0.15, 0.2) is 42.5 Å². The van der Waals surface area contributed by atoms with E-state index in [4.69, 9.17) is 10.5 Å². The van der Waals surface area contributed by atoms with Gasteiger partial charge in [-0.05, 0) is 43.7 Å². The van der Waals surface area contributed by atoms with Crippen LogP contribution in [0.5, 0.6) is 5.75 Å². The highest BCUT2D eigenvalue weighted by Crippen LogP contribution is 2.20. The monoisotopic (exact) mass is 288 g/mol. The summed E-state index contributed by atoms with van der Waals surface area (Å²) >= 11 is 0. The number of carbonyl (C=O) groups is 1. The Balaban J connectivity index is 2.06. The number of nitrogen functional groups attached to an aromatic ring is 1. The normalized spacial score (nSPS) is 11.8. The van der Waals surface area contributed by atoms with E-state index >= 15 is 0 Å². The van der Waals surface area contributed by atoms with Crippen molar-refractivity contribution < 1.29 is 13.9 Å². The molecule has 5 heteroatoms. The van der Waals surface area contributed by atoms with Gasteiger partial charge in [-0.2, -0.15) is 0 Å². The summed E-state index contributed by atoms with van der Waals surface area (Å²) in [5, 5.41) is 2.47. The molecule has 0 aliphatic heterocycles. The number of anilines is 2. The van der Waals surface area contributed by atoms with E-state index in [-0.39, 0.29) is 5.69 Å². The Morgan fingerprint density at radius 1 is 1.29 bits per heavy atom. The maximum Gasteiger partial charge on any atom is 0.265 e. The molecule has 0 bridgehead atoms. The smallest absolute Gasteiger partial charge is 0.265 e. The number of hydrogen-bond acceptors (Lipinski definition) is 3. The minimum Gasteiger partial charge on any atom is -0.481 e. The lowest BCUT2D eigenvalue weighted by atomic mass is 10.2. The molecule has 0 unspecified atom stereocenters. The van der Waals surface area contributed by atoms with E-state index in [2.05, 4.69) is 5.32 Å². The summed E-state index contributed by atoms with van der Waals surface area (Å²) in [6, 6.07) is 11.4. The maximum absolute atomic E-state index is 13.6. The zero-order valence-corrected chi connectivity index (χ0v) is 11.9. The van der Waals surface area contributed by atoms with Gasteiger partial charge in [-0.25, -0.2) is 4.39 Å². The summed E-state index contributed by atoms with van der Waals surface area (Å²) in [7, 11) is 0. The zero-order chi connectivity index (χ0) is 15.4. The summed E-state index contributed by atoms with van der Waals surface area (Å²) in [6.07, 6.45) is -0.757. The van der Waals surface area contributed by atoms with Crippen molar-refractivity contribution in [2.24, 2.45) is 0 Å². The molecule has 2 aromatic rings. The lowest BCUT2D eigenvalue weighted by Gasteiger charge is -2.16. The fraction of sp³-hybridized carbons (Fsp3) is 0.188. The molecular weight excluding hydrogens is 271 g/mol. The molecule has 0 spiro atoms. The van der Waals surface area contributed by atoms with Crippen LogP contribution in [-0.4, -0.2) is 12.0 Å². The van der Waals surface area contributed by atoms with Crippen molar-refractivity contribution in [1.29, 1.82) is 0 Å². The van der Waals surface area contributed by atoms with Gasteiger partial charge in [-0.1, -0.05) is 18.2 Å². The lowest BCUT2D eigenvalue weighted by Crippen LogP contribution is -2.30. The highest BCUT2D eigenvalue weighted by molar-refractivity contribution is 5.94. The molecule has 0 saturated carbocycles. The number of nitrogens with two attached hydrogens (primary N) is 1. The van der Waals surface area contributed by atoms with Crippen LogP contribution in [0.1, 0.15) is 12.5 Å². The highest BCUT2D eigenvalue weighted by Gasteiger charge is 2.17. The highest BCUT2D eigenvalue weighted by atomic mass is 19.1. The first-order valence-corrected chi connectivity index (χ1v) is 6.55. The Morgan fingerprint density at radius 3 is 2.71 bits per heavy atom. The third-order valence-electron chi connectivity index (χ3n) is 3.01. The number of ether oxygens (including phenoxy) is 1. The van der Waals surface area contributed by atoms with E-state index in [1.807, 2.05) is 25.1 Å². The number of benzene rings is 2. The second-order valence-electron chi connectivity index (χ2n) is 4.75. The van der Waals surface area contributed by atoms with Gasteiger partial charge in [-0.15, -0.1) is 0 Å². The summed E-state index contributed by atoms with van der Waals surface area (Å²) in [4.78, 5) is 12.0. The number of halogens is 1. The number of amides is 1. The van der Waals surface area contributed by atoms with Crippen molar-refractivity contribution in [2.75, 3.05) is 11.1 Å². The molecular formula is C16H17FN2O2. The second kappa shape index (κ2) is 6.26. The topological polar surface area (TPSA) is 64.3 Å². The number of aryl methyl sites for hydroxylation is 1. The second-order valence-corrected chi connectivity index (χ2v) is 4.75. The van der Waals surface area contributed by atoms with E-state index in [1.165, 1.54) is 18.2 Å². The molecule has 2 rings (SSSR count). The summed E-state index contributed by atoms with van der Waals surface area (Å²) < 4.78 is 19.2. The maximum atomic E-state index is 13.6. The Labute approximate surface area is 122 Å². The van der Waals surface area contributed by atoms with E-state index < -0.39 is 17.8 Å². The average molecular weight is 288 g/mol. The molecule has 4 nitrogen and oxygen atoms in total. The molecule has 0 aromatic heterocycles. The van der Waals surface area contributed by atoms with Crippen LogP contribution in [0.4, 0.5) is 15.8 Å². The van der Waals surface area contributed by atoms with Gasteiger partial charge in [0.15, 0.2) is 6.10 Å². The predicted molar refractivity (Wildman–Crippen MR) is 80.7 cm³/mol. The van der Waals surface area contributed by atoms with Crippen LogP contribution in [0.2, 0.25) is 0 Å². The predicted octanol–water partition coefficient (Wildman–Crippen LogP) is 3.12. The average Bonchev–Trinajstić information content (AvgIpc) is 2.45. The Hall–Kier alpha value is -2.56. The SMILES string of the molecule is Cc1ccccc1O[C@@H](C)C(=O)Nc1cc(N)ccc1F. The minimum atomic E-state index is -0.757. The van der Waals surface area contributed by atoms with Gasteiger partial charge < -0.3 is 15.8 Å². The van der Waals surface area contributed by atoms with Gasteiger partial charge in [0, 0.05) is 5.69 Å². The van der Waals surface area contributed by atoms with Crippen LogP contribution in [-0.2, 0) is 4.79 Å². The number of carbonyl (C=O) groups excluding carboxylic acids is 1. The van der Waals surface area contributed by atoms with Crippen molar-refractivity contribution in [1.82, 2.24) is 0 Å².